The minimum atomic E-state index is -4.33. The van der Waals surface area contributed by atoms with Crippen LogP contribution in [0.3, 0.4) is 0 Å². The first-order valence-corrected chi connectivity index (χ1v) is 18.4. The average molecular weight is 734 g/mol. The van der Waals surface area contributed by atoms with Crippen LogP contribution in [0.4, 0.5) is 46.0 Å². The number of sulfone groups is 1. The summed E-state index contributed by atoms with van der Waals surface area (Å²) < 4.78 is 66.6. The number of hydrogen-bond donors (Lipinski definition) is 4. The number of aromatic nitrogens is 3. The molecule has 51 heavy (non-hydrogen) atoms. The number of azo groups is 2. The zero-order chi connectivity index (χ0) is 36.6. The zero-order valence-corrected chi connectivity index (χ0v) is 28.9. The number of rotatable bonds is 14. The third-order valence-corrected chi connectivity index (χ3v) is 8.60. The Hall–Kier alpha value is -6.05. The van der Waals surface area contributed by atoms with Gasteiger partial charge in [0.05, 0.1) is 34.4 Å². The SMILES string of the molecule is CCOc1cc(Nc2nc(O)nc(Nc3ccc(N=Nc4ccc(S(=O)(=O)O)cc4)c(OCC)c3)n2)ccc1N=Nc1ccc(S(C)(=O)=O)cc1. The topological polar surface area (TPSA) is 239 Å². The summed E-state index contributed by atoms with van der Waals surface area (Å²) in [4.78, 5) is 12.2. The molecule has 0 saturated carbocycles. The Morgan fingerprint density at radius 2 is 1.06 bits per heavy atom. The molecule has 0 bridgehead atoms. The van der Waals surface area contributed by atoms with Gasteiger partial charge in [0.15, 0.2) is 9.84 Å². The number of ether oxygens (including phenoxy) is 2. The van der Waals surface area contributed by atoms with Gasteiger partial charge in [-0.25, -0.2) is 8.42 Å². The van der Waals surface area contributed by atoms with Gasteiger partial charge in [0.2, 0.25) is 11.9 Å². The summed E-state index contributed by atoms with van der Waals surface area (Å²) in [5.41, 5.74) is 2.59. The van der Waals surface area contributed by atoms with Crippen LogP contribution in [0.5, 0.6) is 17.5 Å². The third kappa shape index (κ3) is 10.00. The predicted octanol–water partition coefficient (Wildman–Crippen LogP) is 7.34. The molecule has 1 aromatic heterocycles. The standard InChI is InChI=1S/C32H31N9O8S2/c1-4-48-28-18-22(10-16-26(28)40-38-20-6-12-24(13-7-20)50(3,43)44)33-30-35-31(37-32(42)36-30)34-23-11-17-27(29(19-23)49-5-2)41-39-21-8-14-25(15-9-21)51(45,46)47/h6-19H,4-5H2,1-3H3,(H,45,46,47)(H3,33,34,35,36,37,42). The first kappa shape index (κ1) is 36.2. The predicted molar refractivity (Wildman–Crippen MR) is 187 cm³/mol. The molecule has 0 aliphatic heterocycles. The van der Waals surface area contributed by atoms with Crippen molar-refractivity contribution in [1.82, 2.24) is 15.0 Å². The van der Waals surface area contributed by atoms with Crippen molar-refractivity contribution in [1.29, 1.82) is 0 Å². The van der Waals surface area contributed by atoms with Gasteiger partial charge in [-0.15, -0.1) is 10.2 Å². The first-order valence-electron chi connectivity index (χ1n) is 15.0. The number of aromatic hydroxyl groups is 1. The number of nitrogens with zero attached hydrogens (tertiary/aromatic N) is 7. The molecule has 0 fully saturated rings. The van der Waals surface area contributed by atoms with E-state index in [4.69, 9.17) is 14.0 Å². The smallest absolute Gasteiger partial charge is 0.320 e. The van der Waals surface area contributed by atoms with Crippen molar-refractivity contribution in [3.63, 3.8) is 0 Å². The Morgan fingerprint density at radius 3 is 1.45 bits per heavy atom. The summed E-state index contributed by atoms with van der Waals surface area (Å²) in [5, 5.41) is 33.0. The molecular formula is C32H31N9O8S2. The lowest BCUT2D eigenvalue weighted by molar-refractivity contribution is 0.341. The lowest BCUT2D eigenvalue weighted by Crippen LogP contribution is -2.04. The van der Waals surface area contributed by atoms with Crippen LogP contribution in [0.15, 0.2) is 115 Å². The van der Waals surface area contributed by atoms with Crippen LogP contribution in [0, 0.1) is 0 Å². The van der Waals surface area contributed by atoms with Gasteiger partial charge in [0.1, 0.15) is 22.9 Å². The Labute approximate surface area is 292 Å². The highest BCUT2D eigenvalue weighted by atomic mass is 32.2. The van der Waals surface area contributed by atoms with Crippen LogP contribution < -0.4 is 20.1 Å². The Morgan fingerprint density at radius 1 is 0.627 bits per heavy atom. The van der Waals surface area contributed by atoms with Crippen molar-refractivity contribution in [2.24, 2.45) is 20.5 Å². The highest BCUT2D eigenvalue weighted by Crippen LogP contribution is 2.35. The van der Waals surface area contributed by atoms with Crippen molar-refractivity contribution < 1.29 is 36.0 Å². The minimum Gasteiger partial charge on any atom is -0.491 e. The first-order chi connectivity index (χ1) is 24.3. The number of hydrogen-bond acceptors (Lipinski definition) is 16. The summed E-state index contributed by atoms with van der Waals surface area (Å²) >= 11 is 0. The second-order valence-electron chi connectivity index (χ2n) is 10.4. The molecule has 0 amide bonds. The second-order valence-corrected chi connectivity index (χ2v) is 13.8. The normalized spacial score (nSPS) is 11.9. The van der Waals surface area contributed by atoms with Crippen LogP contribution >= 0.6 is 0 Å². The molecular weight excluding hydrogens is 703 g/mol. The number of benzene rings is 4. The highest BCUT2D eigenvalue weighted by molar-refractivity contribution is 7.90. The highest BCUT2D eigenvalue weighted by Gasteiger charge is 2.13. The van der Waals surface area contributed by atoms with E-state index >= 15 is 0 Å². The Bertz CT molecular complexity index is 2140. The van der Waals surface area contributed by atoms with Gasteiger partial charge in [0, 0.05) is 29.8 Å². The van der Waals surface area contributed by atoms with Gasteiger partial charge in [-0.2, -0.15) is 33.6 Å². The maximum absolute atomic E-state index is 11.7. The summed E-state index contributed by atoms with van der Waals surface area (Å²) in [7, 11) is -7.66. The van der Waals surface area contributed by atoms with E-state index in [0.717, 1.165) is 6.26 Å². The van der Waals surface area contributed by atoms with Crippen LogP contribution in [-0.2, 0) is 20.0 Å². The molecule has 0 atom stereocenters. The molecule has 5 rings (SSSR count). The fourth-order valence-electron chi connectivity index (χ4n) is 4.29. The van der Waals surface area contributed by atoms with E-state index in [9.17, 15) is 21.9 Å². The molecule has 0 radical (unpaired) electrons. The van der Waals surface area contributed by atoms with Crippen molar-refractivity contribution in [3.8, 4) is 17.5 Å². The molecule has 17 nitrogen and oxygen atoms in total. The minimum absolute atomic E-state index is 0.0121. The third-order valence-electron chi connectivity index (χ3n) is 6.60. The number of anilines is 4. The zero-order valence-electron chi connectivity index (χ0n) is 27.3. The molecule has 0 aliphatic rings. The lowest BCUT2D eigenvalue weighted by atomic mass is 10.2. The van der Waals surface area contributed by atoms with Crippen LogP contribution in [0.2, 0.25) is 0 Å². The van der Waals surface area contributed by atoms with Crippen molar-refractivity contribution >= 4 is 66.0 Å². The molecule has 0 aliphatic carbocycles. The Balaban J connectivity index is 1.31. The van der Waals surface area contributed by atoms with E-state index in [1.807, 2.05) is 6.92 Å². The van der Waals surface area contributed by atoms with E-state index in [2.05, 4.69) is 46.0 Å². The molecule has 264 valence electrons. The quantitative estimate of drug-likeness (QED) is 0.0646. The van der Waals surface area contributed by atoms with E-state index in [1.54, 1.807) is 55.5 Å². The van der Waals surface area contributed by atoms with Gasteiger partial charge in [-0.1, -0.05) is 0 Å². The molecule has 4 aromatic carbocycles. The molecule has 0 saturated heterocycles. The van der Waals surface area contributed by atoms with E-state index in [1.165, 1.54) is 36.4 Å². The summed E-state index contributed by atoms with van der Waals surface area (Å²) in [5.74, 6) is 0.789. The van der Waals surface area contributed by atoms with Gasteiger partial charge in [-0.3, -0.25) is 4.55 Å². The molecule has 0 spiro atoms. The van der Waals surface area contributed by atoms with Gasteiger partial charge in [0.25, 0.3) is 10.1 Å². The van der Waals surface area contributed by atoms with Crippen molar-refractivity contribution in [2.45, 2.75) is 23.6 Å². The van der Waals surface area contributed by atoms with Crippen molar-refractivity contribution in [2.75, 3.05) is 30.1 Å². The monoisotopic (exact) mass is 733 g/mol. The van der Waals surface area contributed by atoms with Gasteiger partial charge in [-0.05, 0) is 86.6 Å². The van der Waals surface area contributed by atoms with Gasteiger partial charge >= 0.3 is 6.01 Å². The van der Waals surface area contributed by atoms with Crippen LogP contribution in [0.1, 0.15) is 13.8 Å². The summed E-state index contributed by atoms with van der Waals surface area (Å²) in [6.45, 7) is 4.26. The van der Waals surface area contributed by atoms with Crippen molar-refractivity contribution in [3.05, 3.63) is 84.9 Å². The van der Waals surface area contributed by atoms with Crippen LogP contribution in [-0.4, -0.2) is 60.9 Å². The van der Waals surface area contributed by atoms with E-state index < -0.39 is 26.0 Å². The molecule has 19 heteroatoms. The maximum Gasteiger partial charge on any atom is 0.320 e. The lowest BCUT2D eigenvalue weighted by Gasteiger charge is -2.12. The number of nitrogens with one attached hydrogen (secondary N) is 2. The Kier molecular flexibility index (Phi) is 11.1. The van der Waals surface area contributed by atoms with Crippen LogP contribution in [0.25, 0.3) is 0 Å². The summed E-state index contributed by atoms with van der Waals surface area (Å²) in [6.07, 6.45) is 1.13. The molecule has 1 heterocycles. The van der Waals surface area contributed by atoms with E-state index in [-0.39, 0.29) is 21.7 Å². The van der Waals surface area contributed by atoms with Gasteiger partial charge < -0.3 is 25.2 Å². The molecule has 4 N–H and O–H groups in total. The molecule has 0 unspecified atom stereocenters. The molecule has 5 aromatic rings. The maximum atomic E-state index is 11.7. The summed E-state index contributed by atoms with van der Waals surface area (Å²) in [6, 6.07) is 20.6. The largest absolute Gasteiger partial charge is 0.491 e. The van der Waals surface area contributed by atoms with E-state index in [0.29, 0.717) is 58.8 Å². The average Bonchev–Trinajstić information content (AvgIpc) is 3.07. The fraction of sp³-hybridized carbons (Fsp3) is 0.156. The second kappa shape index (κ2) is 15.7. The fourth-order valence-corrected chi connectivity index (χ4v) is 5.40.